The van der Waals surface area contributed by atoms with Crippen molar-refractivity contribution in [1.82, 2.24) is 10.2 Å². The zero-order chi connectivity index (χ0) is 16.1. The third kappa shape index (κ3) is 2.75. The van der Waals surface area contributed by atoms with E-state index in [2.05, 4.69) is 5.32 Å². The van der Waals surface area contributed by atoms with Gasteiger partial charge in [0.25, 0.3) is 0 Å². The van der Waals surface area contributed by atoms with Gasteiger partial charge in [0.15, 0.2) is 11.6 Å². The number of nitrogens with zero attached hydrogens (tertiary/aromatic N) is 1. The number of amides is 1. The second-order valence-corrected chi connectivity index (χ2v) is 7.33. The first-order chi connectivity index (χ1) is 11.0. The number of halogens is 2. The molecular weight excluding hydrogens is 298 g/mol. The largest absolute Gasteiger partial charge is 0.342 e. The van der Waals surface area contributed by atoms with E-state index >= 15 is 0 Å². The number of hydrogen-bond acceptors (Lipinski definition) is 2. The van der Waals surface area contributed by atoms with Crippen LogP contribution in [0, 0.1) is 17.6 Å². The number of carbonyl (C=O) groups excluding carboxylic acids is 1. The second-order valence-electron chi connectivity index (χ2n) is 7.33. The molecule has 5 heteroatoms. The third-order valence-corrected chi connectivity index (χ3v) is 5.82. The van der Waals surface area contributed by atoms with Crippen molar-refractivity contribution in [2.75, 3.05) is 7.05 Å². The molecule has 4 rings (SSSR count). The first-order valence-electron chi connectivity index (χ1n) is 8.50. The predicted octanol–water partition coefficient (Wildman–Crippen LogP) is 2.81. The smallest absolute Gasteiger partial charge is 0.226 e. The highest BCUT2D eigenvalue weighted by Crippen LogP contribution is 2.49. The zero-order valence-corrected chi connectivity index (χ0v) is 13.3. The maximum Gasteiger partial charge on any atom is 0.226 e. The molecule has 1 aromatic carbocycles. The molecule has 2 aliphatic heterocycles. The summed E-state index contributed by atoms with van der Waals surface area (Å²) in [6.07, 6.45) is 5.23. The minimum atomic E-state index is -0.834. The number of nitrogens with one attached hydrogen (secondary N) is 1. The van der Waals surface area contributed by atoms with Crippen LogP contribution in [0.4, 0.5) is 8.78 Å². The van der Waals surface area contributed by atoms with Crippen LogP contribution in [0.1, 0.15) is 43.6 Å². The molecule has 1 amide bonds. The molecule has 4 atom stereocenters. The van der Waals surface area contributed by atoms with Gasteiger partial charge in [-0.3, -0.25) is 4.79 Å². The lowest BCUT2D eigenvalue weighted by molar-refractivity contribution is -0.134. The van der Waals surface area contributed by atoms with Crippen LogP contribution < -0.4 is 5.32 Å². The topological polar surface area (TPSA) is 32.3 Å². The van der Waals surface area contributed by atoms with Crippen molar-refractivity contribution in [3.63, 3.8) is 0 Å². The van der Waals surface area contributed by atoms with Crippen molar-refractivity contribution in [3.05, 3.63) is 35.4 Å². The molecule has 1 aromatic rings. The van der Waals surface area contributed by atoms with E-state index < -0.39 is 11.6 Å². The van der Waals surface area contributed by atoms with E-state index in [1.165, 1.54) is 18.9 Å². The predicted molar refractivity (Wildman–Crippen MR) is 82.9 cm³/mol. The van der Waals surface area contributed by atoms with Gasteiger partial charge in [0.2, 0.25) is 5.91 Å². The molecule has 1 N–H and O–H groups in total. The fourth-order valence-electron chi connectivity index (χ4n) is 4.36. The Kier molecular flexibility index (Phi) is 3.63. The normalized spacial score (nSPS) is 35.2. The average Bonchev–Trinajstić information content (AvgIpc) is 3.28. The first-order valence-corrected chi connectivity index (χ1v) is 8.50. The quantitative estimate of drug-likeness (QED) is 0.929. The van der Waals surface area contributed by atoms with Gasteiger partial charge in [-0.25, -0.2) is 8.78 Å². The molecule has 0 aromatic heterocycles. The molecule has 0 radical (unpaired) electrons. The molecule has 1 saturated carbocycles. The molecule has 1 aliphatic carbocycles. The number of carbonyl (C=O) groups is 1. The lowest BCUT2D eigenvalue weighted by atomic mass is 9.98. The lowest BCUT2D eigenvalue weighted by Gasteiger charge is -2.35. The zero-order valence-electron chi connectivity index (χ0n) is 13.3. The van der Waals surface area contributed by atoms with Crippen molar-refractivity contribution in [3.8, 4) is 0 Å². The van der Waals surface area contributed by atoms with Gasteiger partial charge in [0.05, 0.1) is 0 Å². The van der Waals surface area contributed by atoms with Crippen molar-refractivity contribution in [2.24, 2.45) is 5.92 Å². The van der Waals surface area contributed by atoms with Crippen molar-refractivity contribution in [2.45, 2.75) is 56.1 Å². The third-order valence-electron chi connectivity index (χ3n) is 5.82. The van der Waals surface area contributed by atoms with Crippen molar-refractivity contribution < 1.29 is 13.6 Å². The molecule has 0 spiro atoms. The standard InChI is InChI=1S/C18H22F2N2O/c1-22(13-7-11-3-4-12(8-13)21-11)18(23)15-9-14(15)10-2-5-16(19)17(20)6-10/h2,5-6,11-15,21H,3-4,7-9H2,1H3. The monoisotopic (exact) mass is 320 g/mol. The maximum absolute atomic E-state index is 13.4. The Balaban J connectivity index is 1.41. The van der Waals surface area contributed by atoms with E-state index in [0.29, 0.717) is 18.1 Å². The van der Waals surface area contributed by atoms with Gasteiger partial charge in [-0.1, -0.05) is 6.07 Å². The number of hydrogen-bond donors (Lipinski definition) is 1. The van der Waals surface area contributed by atoms with E-state index in [9.17, 15) is 13.6 Å². The first kappa shape index (κ1) is 15.1. The van der Waals surface area contributed by atoms with Crippen LogP contribution in [-0.4, -0.2) is 36.0 Å². The SMILES string of the molecule is CN(C(=O)C1CC1c1ccc(F)c(F)c1)C1CC2CCC(C1)N2. The summed E-state index contributed by atoms with van der Waals surface area (Å²) >= 11 is 0. The second kappa shape index (κ2) is 5.55. The Morgan fingerprint density at radius 2 is 1.83 bits per heavy atom. The summed E-state index contributed by atoms with van der Waals surface area (Å²) in [5.74, 6) is -1.54. The fraction of sp³-hybridized carbons (Fsp3) is 0.611. The molecular formula is C18H22F2N2O. The van der Waals surface area contributed by atoms with E-state index in [4.69, 9.17) is 0 Å². The summed E-state index contributed by atoms with van der Waals surface area (Å²) < 4.78 is 26.4. The van der Waals surface area contributed by atoms with Crippen molar-refractivity contribution >= 4 is 5.91 Å². The Morgan fingerprint density at radius 1 is 1.13 bits per heavy atom. The molecule has 2 saturated heterocycles. The fourth-order valence-corrected chi connectivity index (χ4v) is 4.36. The van der Waals surface area contributed by atoms with Crippen LogP contribution in [0.15, 0.2) is 18.2 Å². The molecule has 2 heterocycles. The van der Waals surface area contributed by atoms with Crippen LogP contribution in [0.2, 0.25) is 0 Å². The minimum Gasteiger partial charge on any atom is -0.342 e. The Labute approximate surface area is 135 Å². The molecule has 23 heavy (non-hydrogen) atoms. The molecule has 3 fully saturated rings. The highest BCUT2D eigenvalue weighted by molar-refractivity contribution is 5.83. The summed E-state index contributed by atoms with van der Waals surface area (Å²) in [4.78, 5) is 14.6. The van der Waals surface area contributed by atoms with Crippen LogP contribution in [0.3, 0.4) is 0 Å². The summed E-state index contributed by atoms with van der Waals surface area (Å²) in [5, 5.41) is 3.59. The van der Waals surface area contributed by atoms with Gasteiger partial charge in [0.1, 0.15) is 0 Å². The van der Waals surface area contributed by atoms with E-state index in [-0.39, 0.29) is 17.7 Å². The van der Waals surface area contributed by atoms with Gasteiger partial charge < -0.3 is 10.2 Å². The van der Waals surface area contributed by atoms with E-state index in [1.807, 2.05) is 11.9 Å². The van der Waals surface area contributed by atoms with Crippen LogP contribution in [-0.2, 0) is 4.79 Å². The highest BCUT2D eigenvalue weighted by atomic mass is 19.2. The van der Waals surface area contributed by atoms with Crippen LogP contribution >= 0.6 is 0 Å². The van der Waals surface area contributed by atoms with Gasteiger partial charge in [0, 0.05) is 31.1 Å². The molecule has 4 unspecified atom stereocenters. The number of fused-ring (bicyclic) bond motifs is 2. The van der Waals surface area contributed by atoms with Gasteiger partial charge in [-0.15, -0.1) is 0 Å². The van der Waals surface area contributed by atoms with Gasteiger partial charge in [-0.2, -0.15) is 0 Å². The number of piperidine rings is 1. The number of benzene rings is 1. The Bertz CT molecular complexity index is 623. The lowest BCUT2D eigenvalue weighted by Crippen LogP contribution is -2.49. The minimum absolute atomic E-state index is 0.0403. The summed E-state index contributed by atoms with van der Waals surface area (Å²) in [5.41, 5.74) is 0.737. The van der Waals surface area contributed by atoms with E-state index in [0.717, 1.165) is 30.9 Å². The summed E-state index contributed by atoms with van der Waals surface area (Å²) in [6, 6.07) is 5.40. The molecule has 2 bridgehead atoms. The van der Waals surface area contributed by atoms with Crippen molar-refractivity contribution in [1.29, 1.82) is 0 Å². The van der Waals surface area contributed by atoms with E-state index in [1.54, 1.807) is 6.07 Å². The Hall–Kier alpha value is -1.49. The Morgan fingerprint density at radius 3 is 2.48 bits per heavy atom. The maximum atomic E-state index is 13.4. The summed E-state index contributed by atoms with van der Waals surface area (Å²) in [6.45, 7) is 0. The van der Waals surface area contributed by atoms with Crippen LogP contribution in [0.25, 0.3) is 0 Å². The van der Waals surface area contributed by atoms with Gasteiger partial charge >= 0.3 is 0 Å². The molecule has 124 valence electrons. The average molecular weight is 320 g/mol. The molecule has 3 aliphatic rings. The highest BCUT2D eigenvalue weighted by Gasteiger charge is 2.47. The number of rotatable bonds is 3. The molecule has 3 nitrogen and oxygen atoms in total. The van der Waals surface area contributed by atoms with Crippen LogP contribution in [0.5, 0.6) is 0 Å². The van der Waals surface area contributed by atoms with Gasteiger partial charge in [-0.05, 0) is 55.7 Å². The summed E-state index contributed by atoms with van der Waals surface area (Å²) in [7, 11) is 1.90.